The summed E-state index contributed by atoms with van der Waals surface area (Å²) in [6.45, 7) is 11.8. The Morgan fingerprint density at radius 2 is 1.84 bits per heavy atom. The average Bonchev–Trinajstić information content (AvgIpc) is 3.35. The van der Waals surface area contributed by atoms with E-state index in [1.54, 1.807) is 0 Å². The molecule has 0 bridgehead atoms. The number of hydrogen-bond acceptors (Lipinski definition) is 3. The van der Waals surface area contributed by atoms with Gasteiger partial charge in [-0.25, -0.2) is 4.68 Å². The highest BCUT2D eigenvalue weighted by atomic mass is 15.3. The van der Waals surface area contributed by atoms with Crippen molar-refractivity contribution in [1.82, 2.24) is 15.1 Å². The lowest BCUT2D eigenvalue weighted by atomic mass is 9.87. The Labute approximate surface area is 191 Å². The van der Waals surface area contributed by atoms with Crippen LogP contribution >= 0.6 is 0 Å². The number of aryl methyl sites for hydroxylation is 1. The van der Waals surface area contributed by atoms with Gasteiger partial charge in [0.2, 0.25) is 0 Å². The van der Waals surface area contributed by atoms with Gasteiger partial charge in [0.25, 0.3) is 0 Å². The molecule has 0 spiro atoms. The number of benzene rings is 2. The highest BCUT2D eigenvalue weighted by Gasteiger charge is 2.26. The highest BCUT2D eigenvalue weighted by molar-refractivity contribution is 5.43. The van der Waals surface area contributed by atoms with Crippen molar-refractivity contribution in [3.8, 4) is 11.8 Å². The van der Waals surface area contributed by atoms with Crippen molar-refractivity contribution in [3.05, 3.63) is 94.3 Å². The summed E-state index contributed by atoms with van der Waals surface area (Å²) in [6, 6.07) is 19.1. The minimum Gasteiger partial charge on any atom is -0.306 e. The standard InChI is InChI=1S/C28H32N4/c1-19-27(20(2)32(31-19)26-13-10-24(11-14-26)28(3,4)5)23-9-12-25(16-23)30-18-22-8-6-7-21(15-22)17-29/h6-15,23,25,30H,16,18H2,1-5H3/t23-,25+/m0/s1. The van der Waals surface area contributed by atoms with Gasteiger partial charge in [-0.05, 0) is 61.1 Å². The van der Waals surface area contributed by atoms with E-state index in [9.17, 15) is 0 Å². The molecule has 0 radical (unpaired) electrons. The number of allylic oxidation sites excluding steroid dienone is 1. The molecule has 0 fully saturated rings. The molecule has 1 aliphatic rings. The molecule has 1 heterocycles. The van der Waals surface area contributed by atoms with Crippen LogP contribution < -0.4 is 5.32 Å². The van der Waals surface area contributed by atoms with E-state index >= 15 is 0 Å². The molecule has 2 atom stereocenters. The van der Waals surface area contributed by atoms with Crippen LogP contribution in [0, 0.1) is 25.2 Å². The molecule has 0 saturated carbocycles. The van der Waals surface area contributed by atoms with Crippen molar-refractivity contribution in [2.45, 2.75) is 65.0 Å². The van der Waals surface area contributed by atoms with Crippen LogP contribution in [-0.2, 0) is 12.0 Å². The van der Waals surface area contributed by atoms with E-state index in [2.05, 4.69) is 93.2 Å². The maximum atomic E-state index is 9.10. The number of hydrogen-bond donors (Lipinski definition) is 1. The van der Waals surface area contributed by atoms with Crippen LogP contribution in [0.5, 0.6) is 0 Å². The van der Waals surface area contributed by atoms with Gasteiger partial charge in [-0.15, -0.1) is 0 Å². The second-order valence-electron chi connectivity index (χ2n) is 9.82. The monoisotopic (exact) mass is 424 g/mol. The van der Waals surface area contributed by atoms with Crippen molar-refractivity contribution in [1.29, 1.82) is 5.26 Å². The van der Waals surface area contributed by atoms with Crippen molar-refractivity contribution >= 4 is 0 Å². The van der Waals surface area contributed by atoms with Crippen LogP contribution in [0.15, 0.2) is 60.7 Å². The van der Waals surface area contributed by atoms with Gasteiger partial charge in [0.15, 0.2) is 0 Å². The van der Waals surface area contributed by atoms with E-state index in [4.69, 9.17) is 10.4 Å². The van der Waals surface area contributed by atoms with E-state index in [0.29, 0.717) is 17.5 Å². The Balaban J connectivity index is 1.46. The molecule has 3 aromatic rings. The van der Waals surface area contributed by atoms with Crippen molar-refractivity contribution in [3.63, 3.8) is 0 Å². The first-order chi connectivity index (χ1) is 15.3. The molecule has 4 heteroatoms. The van der Waals surface area contributed by atoms with Crippen LogP contribution in [0.1, 0.15) is 66.8 Å². The van der Waals surface area contributed by atoms with E-state index in [0.717, 1.165) is 29.9 Å². The fourth-order valence-corrected chi connectivity index (χ4v) is 4.61. The second-order valence-corrected chi connectivity index (χ2v) is 9.82. The lowest BCUT2D eigenvalue weighted by Crippen LogP contribution is -2.25. The summed E-state index contributed by atoms with van der Waals surface area (Å²) in [7, 11) is 0. The zero-order valence-electron chi connectivity index (χ0n) is 19.7. The first-order valence-electron chi connectivity index (χ1n) is 11.3. The molecule has 1 N–H and O–H groups in total. The minimum atomic E-state index is 0.144. The molecule has 164 valence electrons. The smallest absolute Gasteiger partial charge is 0.0991 e. The van der Waals surface area contributed by atoms with Gasteiger partial charge < -0.3 is 5.32 Å². The molecule has 4 rings (SSSR count). The normalized spacial score (nSPS) is 18.1. The minimum absolute atomic E-state index is 0.144. The Kier molecular flexibility index (Phi) is 6.04. The predicted octanol–water partition coefficient (Wildman–Crippen LogP) is 5.86. The van der Waals surface area contributed by atoms with Crippen LogP contribution in [0.4, 0.5) is 0 Å². The topological polar surface area (TPSA) is 53.6 Å². The number of aromatic nitrogens is 2. The first kappa shape index (κ1) is 22.0. The lowest BCUT2D eigenvalue weighted by molar-refractivity contribution is 0.559. The fraction of sp³-hybridized carbons (Fsp3) is 0.357. The number of rotatable bonds is 5. The summed E-state index contributed by atoms with van der Waals surface area (Å²) in [5.41, 5.74) is 8.07. The summed E-state index contributed by atoms with van der Waals surface area (Å²) in [5, 5.41) is 17.6. The molecule has 1 aliphatic carbocycles. The van der Waals surface area contributed by atoms with E-state index in [1.165, 1.54) is 16.8 Å². The molecule has 0 aliphatic heterocycles. The molecular formula is C28H32N4. The third-order valence-corrected chi connectivity index (χ3v) is 6.40. The van der Waals surface area contributed by atoms with Gasteiger partial charge >= 0.3 is 0 Å². The summed E-state index contributed by atoms with van der Waals surface area (Å²) >= 11 is 0. The van der Waals surface area contributed by atoms with Gasteiger partial charge in [0, 0.05) is 29.8 Å². The van der Waals surface area contributed by atoms with E-state index in [-0.39, 0.29) is 5.41 Å². The van der Waals surface area contributed by atoms with Gasteiger partial charge in [-0.3, -0.25) is 0 Å². The second kappa shape index (κ2) is 8.76. The molecule has 2 aromatic carbocycles. The predicted molar refractivity (Wildman–Crippen MR) is 130 cm³/mol. The van der Waals surface area contributed by atoms with E-state index < -0.39 is 0 Å². The average molecular weight is 425 g/mol. The molecule has 0 unspecified atom stereocenters. The quantitative estimate of drug-likeness (QED) is 0.522. The largest absolute Gasteiger partial charge is 0.306 e. The molecule has 0 amide bonds. The van der Waals surface area contributed by atoms with Crippen LogP contribution in [0.3, 0.4) is 0 Å². The number of nitriles is 1. The number of nitrogens with zero attached hydrogens (tertiary/aromatic N) is 3. The van der Waals surface area contributed by atoms with Crippen molar-refractivity contribution in [2.75, 3.05) is 0 Å². The Bertz CT molecular complexity index is 1170. The molecular weight excluding hydrogens is 392 g/mol. The molecule has 0 saturated heterocycles. The summed E-state index contributed by atoms with van der Waals surface area (Å²) in [6.07, 6.45) is 5.61. The summed E-state index contributed by atoms with van der Waals surface area (Å²) in [5.74, 6) is 0.362. The maximum Gasteiger partial charge on any atom is 0.0991 e. The third kappa shape index (κ3) is 4.54. The molecule has 1 aromatic heterocycles. The zero-order valence-corrected chi connectivity index (χ0v) is 19.7. The number of nitrogens with one attached hydrogen (secondary N) is 1. The van der Waals surface area contributed by atoms with Crippen LogP contribution in [0.25, 0.3) is 5.69 Å². The van der Waals surface area contributed by atoms with Gasteiger partial charge in [-0.1, -0.05) is 57.2 Å². The SMILES string of the molecule is Cc1nn(-c2ccc(C(C)(C)C)cc2)c(C)c1[C@H]1C=C[C@@H](NCc2cccc(C#N)c2)C1. The molecule has 32 heavy (non-hydrogen) atoms. The van der Waals surface area contributed by atoms with Crippen LogP contribution in [0.2, 0.25) is 0 Å². The maximum absolute atomic E-state index is 9.10. The van der Waals surface area contributed by atoms with Gasteiger partial charge in [0.1, 0.15) is 0 Å². The Morgan fingerprint density at radius 1 is 1.09 bits per heavy atom. The summed E-state index contributed by atoms with van der Waals surface area (Å²) in [4.78, 5) is 0. The van der Waals surface area contributed by atoms with Crippen molar-refractivity contribution in [2.24, 2.45) is 0 Å². The highest BCUT2D eigenvalue weighted by Crippen LogP contribution is 2.34. The first-order valence-corrected chi connectivity index (χ1v) is 11.3. The summed E-state index contributed by atoms with van der Waals surface area (Å²) < 4.78 is 2.08. The Hall–Kier alpha value is -3.16. The fourth-order valence-electron chi connectivity index (χ4n) is 4.61. The van der Waals surface area contributed by atoms with Gasteiger partial charge in [0.05, 0.1) is 23.0 Å². The van der Waals surface area contributed by atoms with Crippen molar-refractivity contribution < 1.29 is 0 Å². The zero-order chi connectivity index (χ0) is 22.9. The third-order valence-electron chi connectivity index (χ3n) is 6.40. The Morgan fingerprint density at radius 3 is 2.53 bits per heavy atom. The van der Waals surface area contributed by atoms with Gasteiger partial charge in [-0.2, -0.15) is 10.4 Å². The van der Waals surface area contributed by atoms with E-state index in [1.807, 2.05) is 18.2 Å². The lowest BCUT2D eigenvalue weighted by Gasteiger charge is -2.19. The van der Waals surface area contributed by atoms with Crippen LogP contribution in [-0.4, -0.2) is 15.8 Å². The molecule has 4 nitrogen and oxygen atoms in total.